The van der Waals surface area contributed by atoms with Crippen LogP contribution in [-0.2, 0) is 0 Å². The van der Waals surface area contributed by atoms with Gasteiger partial charge < -0.3 is 9.84 Å². The monoisotopic (exact) mass is 400 g/mol. The molecule has 0 amide bonds. The third-order valence-electron chi connectivity index (χ3n) is 3.34. The van der Waals surface area contributed by atoms with Crippen molar-refractivity contribution in [2.75, 3.05) is 0 Å². The van der Waals surface area contributed by atoms with Crippen LogP contribution in [0.4, 0.5) is 4.39 Å². The fraction of sp³-hybridized carbons (Fsp3) is 0.200. The van der Waals surface area contributed by atoms with E-state index < -0.39 is 6.10 Å². The third kappa shape index (κ3) is 2.62. The second-order valence-corrected chi connectivity index (χ2v) is 6.48. The summed E-state index contributed by atoms with van der Waals surface area (Å²) >= 11 is 6.78. The van der Waals surface area contributed by atoms with Crippen molar-refractivity contribution in [3.63, 3.8) is 0 Å². The van der Waals surface area contributed by atoms with E-state index in [9.17, 15) is 9.50 Å². The molecule has 0 radical (unpaired) electrons. The van der Waals surface area contributed by atoms with Crippen LogP contribution in [0.2, 0.25) is 0 Å². The molecular formula is C15H11Br2FO2. The molecule has 0 aromatic heterocycles. The molecule has 2 nitrogen and oxygen atoms in total. The number of fused-ring (bicyclic) bond motifs is 1. The molecule has 1 unspecified atom stereocenters. The molecule has 1 heterocycles. The van der Waals surface area contributed by atoms with Crippen molar-refractivity contribution in [3.05, 3.63) is 62.3 Å². The van der Waals surface area contributed by atoms with Gasteiger partial charge in [-0.05, 0) is 36.4 Å². The SMILES string of the molecule is O[C@H]1CC(c2cc(F)ccc2Br)Oc2ccc(Br)cc21. The summed E-state index contributed by atoms with van der Waals surface area (Å²) in [6, 6.07) is 9.98. The van der Waals surface area contributed by atoms with Crippen molar-refractivity contribution < 1.29 is 14.2 Å². The molecular weight excluding hydrogens is 391 g/mol. The molecule has 0 fully saturated rings. The van der Waals surface area contributed by atoms with E-state index in [0.717, 1.165) is 14.5 Å². The average Bonchev–Trinajstić information content (AvgIpc) is 2.42. The molecule has 104 valence electrons. The highest BCUT2D eigenvalue weighted by molar-refractivity contribution is 9.10. The van der Waals surface area contributed by atoms with Crippen LogP contribution in [0.5, 0.6) is 5.75 Å². The Morgan fingerprint density at radius 2 is 1.90 bits per heavy atom. The van der Waals surface area contributed by atoms with E-state index in [0.29, 0.717) is 17.7 Å². The summed E-state index contributed by atoms with van der Waals surface area (Å²) in [7, 11) is 0. The maximum absolute atomic E-state index is 13.4. The van der Waals surface area contributed by atoms with Crippen LogP contribution >= 0.6 is 31.9 Å². The Morgan fingerprint density at radius 3 is 2.70 bits per heavy atom. The van der Waals surface area contributed by atoms with E-state index in [1.165, 1.54) is 12.1 Å². The Balaban J connectivity index is 1.99. The average molecular weight is 402 g/mol. The fourth-order valence-corrected chi connectivity index (χ4v) is 3.25. The van der Waals surface area contributed by atoms with Crippen LogP contribution in [0.1, 0.15) is 29.8 Å². The number of benzene rings is 2. The highest BCUT2D eigenvalue weighted by atomic mass is 79.9. The number of hydrogen-bond donors (Lipinski definition) is 1. The number of halogens is 3. The first kappa shape index (κ1) is 14.0. The molecule has 2 aromatic rings. The number of ether oxygens (including phenoxy) is 1. The molecule has 1 N–H and O–H groups in total. The number of aliphatic hydroxyl groups is 1. The number of rotatable bonds is 1. The van der Waals surface area contributed by atoms with Crippen LogP contribution in [0, 0.1) is 5.82 Å². The van der Waals surface area contributed by atoms with E-state index in [4.69, 9.17) is 4.74 Å². The molecule has 0 bridgehead atoms. The van der Waals surface area contributed by atoms with Gasteiger partial charge in [0.25, 0.3) is 0 Å². The van der Waals surface area contributed by atoms with Gasteiger partial charge in [-0.3, -0.25) is 0 Å². The summed E-state index contributed by atoms with van der Waals surface area (Å²) in [6.07, 6.45) is -0.605. The molecule has 0 spiro atoms. The van der Waals surface area contributed by atoms with Gasteiger partial charge >= 0.3 is 0 Å². The first-order valence-electron chi connectivity index (χ1n) is 6.13. The standard InChI is InChI=1S/C15H11Br2FO2/c16-8-1-4-14-11(5-8)13(19)7-15(20-14)10-6-9(18)2-3-12(10)17/h1-6,13,15,19H,7H2/t13-,15?/m0/s1. The smallest absolute Gasteiger partial charge is 0.128 e. The quantitative estimate of drug-likeness (QED) is 0.735. The van der Waals surface area contributed by atoms with Gasteiger partial charge in [-0.2, -0.15) is 0 Å². The minimum absolute atomic E-state index is 0.317. The Bertz CT molecular complexity index is 660. The van der Waals surface area contributed by atoms with Gasteiger partial charge in [0.05, 0.1) is 6.10 Å². The highest BCUT2D eigenvalue weighted by Crippen LogP contribution is 2.43. The van der Waals surface area contributed by atoms with Gasteiger partial charge in [-0.1, -0.05) is 31.9 Å². The predicted molar refractivity (Wildman–Crippen MR) is 81.2 cm³/mol. The fourth-order valence-electron chi connectivity index (χ4n) is 2.37. The zero-order valence-corrected chi connectivity index (χ0v) is 13.5. The van der Waals surface area contributed by atoms with Crippen LogP contribution in [-0.4, -0.2) is 5.11 Å². The lowest BCUT2D eigenvalue weighted by atomic mass is 9.95. The van der Waals surface area contributed by atoms with Crippen molar-refractivity contribution in [1.82, 2.24) is 0 Å². The maximum atomic E-state index is 13.4. The van der Waals surface area contributed by atoms with Crippen LogP contribution in [0.25, 0.3) is 0 Å². The molecule has 0 saturated carbocycles. The summed E-state index contributed by atoms with van der Waals surface area (Å²) in [4.78, 5) is 0. The molecule has 1 aliphatic rings. The first-order valence-corrected chi connectivity index (χ1v) is 7.72. The van der Waals surface area contributed by atoms with Gasteiger partial charge in [-0.25, -0.2) is 4.39 Å². The molecule has 5 heteroatoms. The first-order chi connectivity index (χ1) is 9.54. The largest absolute Gasteiger partial charge is 0.485 e. The molecule has 1 aliphatic heterocycles. The lowest BCUT2D eigenvalue weighted by molar-refractivity contribution is 0.0652. The topological polar surface area (TPSA) is 29.5 Å². The third-order valence-corrected chi connectivity index (χ3v) is 4.56. The van der Waals surface area contributed by atoms with Crippen molar-refractivity contribution in [2.24, 2.45) is 0 Å². The van der Waals surface area contributed by atoms with E-state index in [1.54, 1.807) is 6.07 Å². The Kier molecular flexibility index (Phi) is 3.84. The van der Waals surface area contributed by atoms with Crippen LogP contribution in [0.15, 0.2) is 45.3 Å². The lowest BCUT2D eigenvalue weighted by Gasteiger charge is -2.30. The van der Waals surface area contributed by atoms with Gasteiger partial charge in [0.2, 0.25) is 0 Å². The summed E-state index contributed by atoms with van der Waals surface area (Å²) in [5.41, 5.74) is 1.46. The Hall–Kier alpha value is -0.910. The van der Waals surface area contributed by atoms with E-state index >= 15 is 0 Å². The summed E-state index contributed by atoms with van der Waals surface area (Å²) in [5.74, 6) is 0.316. The Labute approximate surface area is 132 Å². The van der Waals surface area contributed by atoms with E-state index in [1.807, 2.05) is 18.2 Å². The van der Waals surface area contributed by atoms with Crippen LogP contribution < -0.4 is 4.74 Å². The highest BCUT2D eigenvalue weighted by Gasteiger charge is 2.29. The predicted octanol–water partition coefficient (Wildman–Crippen LogP) is 4.91. The summed E-state index contributed by atoms with van der Waals surface area (Å²) in [5, 5.41) is 10.3. The van der Waals surface area contributed by atoms with Crippen molar-refractivity contribution in [1.29, 1.82) is 0 Å². The van der Waals surface area contributed by atoms with Gasteiger partial charge in [0, 0.05) is 26.5 Å². The van der Waals surface area contributed by atoms with Crippen molar-refractivity contribution >= 4 is 31.9 Å². The molecule has 0 saturated heterocycles. The van der Waals surface area contributed by atoms with E-state index in [2.05, 4.69) is 31.9 Å². The molecule has 3 rings (SSSR count). The number of aliphatic hydroxyl groups excluding tert-OH is 1. The zero-order chi connectivity index (χ0) is 14.3. The van der Waals surface area contributed by atoms with Gasteiger partial charge in [-0.15, -0.1) is 0 Å². The second-order valence-electron chi connectivity index (χ2n) is 4.71. The number of hydrogen-bond acceptors (Lipinski definition) is 2. The maximum Gasteiger partial charge on any atom is 0.128 e. The zero-order valence-electron chi connectivity index (χ0n) is 10.3. The van der Waals surface area contributed by atoms with Gasteiger partial charge in [0.15, 0.2) is 0 Å². The molecule has 2 aromatic carbocycles. The van der Waals surface area contributed by atoms with E-state index in [-0.39, 0.29) is 11.9 Å². The summed E-state index contributed by atoms with van der Waals surface area (Å²) in [6.45, 7) is 0. The van der Waals surface area contributed by atoms with Crippen LogP contribution in [0.3, 0.4) is 0 Å². The molecule has 20 heavy (non-hydrogen) atoms. The minimum atomic E-state index is -0.628. The molecule has 0 aliphatic carbocycles. The van der Waals surface area contributed by atoms with Gasteiger partial charge in [0.1, 0.15) is 17.7 Å². The Morgan fingerprint density at radius 1 is 1.10 bits per heavy atom. The lowest BCUT2D eigenvalue weighted by Crippen LogP contribution is -2.19. The van der Waals surface area contributed by atoms with Crippen molar-refractivity contribution in [3.8, 4) is 5.75 Å². The second kappa shape index (κ2) is 5.47. The minimum Gasteiger partial charge on any atom is -0.485 e. The summed E-state index contributed by atoms with van der Waals surface area (Å²) < 4.78 is 21.0. The normalized spacial score (nSPS) is 21.2. The molecule has 2 atom stereocenters. The van der Waals surface area contributed by atoms with Crippen molar-refractivity contribution in [2.45, 2.75) is 18.6 Å².